The molecule has 1 N–H and O–H groups in total. The third-order valence-electron chi connectivity index (χ3n) is 4.25. The molecule has 8 heteroatoms. The SMILES string of the molecule is Cn1cnc(S(=O)(=O)N[C@@H]2CCN3CCCC[C@@H]23)c1Cl. The largest absolute Gasteiger partial charge is 0.324 e. The van der Waals surface area contributed by atoms with Crippen molar-refractivity contribution in [3.8, 4) is 0 Å². The molecule has 0 bridgehead atoms. The van der Waals surface area contributed by atoms with E-state index < -0.39 is 10.0 Å². The van der Waals surface area contributed by atoms with Crippen molar-refractivity contribution in [1.29, 1.82) is 0 Å². The Labute approximate surface area is 124 Å². The Morgan fingerprint density at radius 1 is 1.35 bits per heavy atom. The van der Waals surface area contributed by atoms with E-state index in [0.717, 1.165) is 25.9 Å². The molecule has 3 rings (SSSR count). The van der Waals surface area contributed by atoms with Gasteiger partial charge < -0.3 is 4.57 Å². The molecule has 2 fully saturated rings. The molecule has 0 unspecified atom stereocenters. The van der Waals surface area contributed by atoms with Gasteiger partial charge in [0.05, 0.1) is 6.33 Å². The van der Waals surface area contributed by atoms with Crippen molar-refractivity contribution in [3.05, 3.63) is 11.5 Å². The van der Waals surface area contributed by atoms with Crippen LogP contribution < -0.4 is 4.72 Å². The Balaban J connectivity index is 1.78. The number of aromatic nitrogens is 2. The average Bonchev–Trinajstić information content (AvgIpc) is 2.96. The van der Waals surface area contributed by atoms with Gasteiger partial charge in [-0.25, -0.2) is 18.1 Å². The molecule has 20 heavy (non-hydrogen) atoms. The summed E-state index contributed by atoms with van der Waals surface area (Å²) >= 11 is 5.99. The normalized spacial score (nSPS) is 27.7. The first kappa shape index (κ1) is 14.3. The molecule has 2 saturated heterocycles. The van der Waals surface area contributed by atoms with E-state index in [1.165, 1.54) is 23.7 Å². The van der Waals surface area contributed by atoms with Crippen LogP contribution in [0.15, 0.2) is 11.4 Å². The van der Waals surface area contributed by atoms with Gasteiger partial charge in [0.25, 0.3) is 10.0 Å². The number of rotatable bonds is 3. The highest BCUT2D eigenvalue weighted by atomic mass is 35.5. The van der Waals surface area contributed by atoms with Crippen LogP contribution in [0.2, 0.25) is 5.15 Å². The van der Waals surface area contributed by atoms with E-state index in [0.29, 0.717) is 6.04 Å². The molecule has 0 aromatic carbocycles. The van der Waals surface area contributed by atoms with Crippen LogP contribution in [0.4, 0.5) is 0 Å². The fourth-order valence-electron chi connectivity index (χ4n) is 3.21. The minimum Gasteiger partial charge on any atom is -0.324 e. The average molecular weight is 319 g/mol. The lowest BCUT2D eigenvalue weighted by Crippen LogP contribution is -2.46. The molecular weight excluding hydrogens is 300 g/mol. The zero-order valence-electron chi connectivity index (χ0n) is 11.4. The first-order chi connectivity index (χ1) is 9.49. The van der Waals surface area contributed by atoms with Crippen molar-refractivity contribution in [1.82, 2.24) is 19.2 Å². The third-order valence-corrected chi connectivity index (χ3v) is 6.23. The minimum absolute atomic E-state index is 0.0293. The highest BCUT2D eigenvalue weighted by Gasteiger charge is 2.38. The third kappa shape index (κ3) is 2.47. The number of hydrogen-bond acceptors (Lipinski definition) is 4. The van der Waals surface area contributed by atoms with Crippen molar-refractivity contribution in [3.63, 3.8) is 0 Å². The maximum absolute atomic E-state index is 12.4. The van der Waals surface area contributed by atoms with Gasteiger partial charge >= 0.3 is 0 Å². The Bertz CT molecular complexity index is 601. The Hall–Kier alpha value is -0.630. The van der Waals surface area contributed by atoms with Gasteiger partial charge in [0.1, 0.15) is 5.15 Å². The van der Waals surface area contributed by atoms with Crippen LogP contribution in [0, 0.1) is 0 Å². The lowest BCUT2D eigenvalue weighted by Gasteiger charge is -2.32. The van der Waals surface area contributed by atoms with E-state index in [1.807, 2.05) is 0 Å². The van der Waals surface area contributed by atoms with Crippen LogP contribution in [0.1, 0.15) is 25.7 Å². The summed E-state index contributed by atoms with van der Waals surface area (Å²) in [6.07, 6.45) is 5.71. The van der Waals surface area contributed by atoms with E-state index in [9.17, 15) is 8.42 Å². The molecule has 2 aliphatic rings. The number of fused-ring (bicyclic) bond motifs is 1. The van der Waals surface area contributed by atoms with Crippen molar-refractivity contribution < 1.29 is 8.42 Å². The Kier molecular flexibility index (Phi) is 3.79. The number of halogens is 1. The smallest absolute Gasteiger partial charge is 0.261 e. The van der Waals surface area contributed by atoms with E-state index >= 15 is 0 Å². The highest BCUT2D eigenvalue weighted by molar-refractivity contribution is 7.89. The number of imidazole rings is 1. The molecule has 2 aliphatic heterocycles. The second-order valence-corrected chi connectivity index (χ2v) is 7.55. The van der Waals surface area contributed by atoms with E-state index in [4.69, 9.17) is 11.6 Å². The highest BCUT2D eigenvalue weighted by Crippen LogP contribution is 2.28. The van der Waals surface area contributed by atoms with E-state index in [1.54, 1.807) is 7.05 Å². The van der Waals surface area contributed by atoms with E-state index in [2.05, 4.69) is 14.6 Å². The summed E-state index contributed by atoms with van der Waals surface area (Å²) in [6, 6.07) is 0.291. The molecule has 0 saturated carbocycles. The monoisotopic (exact) mass is 318 g/mol. The van der Waals surface area contributed by atoms with E-state index in [-0.39, 0.29) is 16.2 Å². The van der Waals surface area contributed by atoms with Gasteiger partial charge in [-0.05, 0) is 25.8 Å². The molecule has 0 radical (unpaired) electrons. The fourth-order valence-corrected chi connectivity index (χ4v) is 4.95. The molecule has 6 nitrogen and oxygen atoms in total. The standard InChI is InChI=1S/C12H19ClN4O2S/c1-16-8-14-12(11(16)13)20(18,19)15-9-5-7-17-6-3-2-4-10(9)17/h8-10,15H,2-7H2,1H3/t9-,10+/m1/s1. The van der Waals surface area contributed by atoms with Gasteiger partial charge in [-0.1, -0.05) is 18.0 Å². The molecular formula is C12H19ClN4O2S. The van der Waals surface area contributed by atoms with Crippen molar-refractivity contribution >= 4 is 21.6 Å². The van der Waals surface area contributed by atoms with Gasteiger partial charge in [-0.3, -0.25) is 4.90 Å². The summed E-state index contributed by atoms with van der Waals surface area (Å²) in [6.45, 7) is 2.04. The van der Waals surface area contributed by atoms with Crippen LogP contribution in [0.25, 0.3) is 0 Å². The first-order valence-electron chi connectivity index (χ1n) is 6.92. The maximum Gasteiger partial charge on any atom is 0.261 e. The minimum atomic E-state index is -3.64. The predicted octanol–water partition coefficient (Wildman–Crippen LogP) is 0.979. The van der Waals surface area contributed by atoms with Gasteiger partial charge in [0.15, 0.2) is 0 Å². The van der Waals surface area contributed by atoms with Gasteiger partial charge in [0.2, 0.25) is 5.03 Å². The summed E-state index contributed by atoms with van der Waals surface area (Å²) in [5.41, 5.74) is 0. The quantitative estimate of drug-likeness (QED) is 0.902. The molecule has 3 heterocycles. The Morgan fingerprint density at radius 3 is 2.85 bits per heavy atom. The summed E-state index contributed by atoms with van der Waals surface area (Å²) in [7, 11) is -1.97. The fraction of sp³-hybridized carbons (Fsp3) is 0.750. The van der Waals surface area contributed by atoms with Crippen LogP contribution in [0.3, 0.4) is 0 Å². The zero-order chi connectivity index (χ0) is 14.3. The van der Waals surface area contributed by atoms with Gasteiger partial charge in [-0.2, -0.15) is 0 Å². The number of nitrogens with zero attached hydrogens (tertiary/aromatic N) is 3. The number of hydrogen-bond donors (Lipinski definition) is 1. The summed E-state index contributed by atoms with van der Waals surface area (Å²) in [5, 5.41) is 0.0759. The maximum atomic E-state index is 12.4. The molecule has 112 valence electrons. The van der Waals surface area contributed by atoms with Crippen molar-refractivity contribution in [2.45, 2.75) is 42.8 Å². The van der Waals surface area contributed by atoms with Gasteiger partial charge in [-0.15, -0.1) is 0 Å². The van der Waals surface area contributed by atoms with Crippen LogP contribution in [-0.4, -0.2) is 48.0 Å². The molecule has 0 aliphatic carbocycles. The lowest BCUT2D eigenvalue weighted by molar-refractivity contribution is 0.186. The number of sulfonamides is 1. The molecule has 0 amide bonds. The lowest BCUT2D eigenvalue weighted by atomic mass is 10.00. The van der Waals surface area contributed by atoms with Gasteiger partial charge in [0, 0.05) is 25.7 Å². The van der Waals surface area contributed by atoms with Crippen LogP contribution >= 0.6 is 11.6 Å². The van der Waals surface area contributed by atoms with Crippen molar-refractivity contribution in [2.75, 3.05) is 13.1 Å². The van der Waals surface area contributed by atoms with Crippen molar-refractivity contribution in [2.24, 2.45) is 7.05 Å². The number of piperidine rings is 1. The predicted molar refractivity (Wildman–Crippen MR) is 76.2 cm³/mol. The summed E-state index contributed by atoms with van der Waals surface area (Å²) in [5.74, 6) is 0. The summed E-state index contributed by atoms with van der Waals surface area (Å²) in [4.78, 5) is 6.29. The molecule has 0 spiro atoms. The van der Waals surface area contributed by atoms with Crippen LogP contribution in [-0.2, 0) is 17.1 Å². The topological polar surface area (TPSA) is 67.2 Å². The number of nitrogens with one attached hydrogen (secondary N) is 1. The second-order valence-electron chi connectivity index (χ2n) is 5.57. The molecule has 1 aromatic rings. The molecule has 2 atom stereocenters. The molecule has 1 aromatic heterocycles. The second kappa shape index (κ2) is 5.29. The first-order valence-corrected chi connectivity index (χ1v) is 8.78. The zero-order valence-corrected chi connectivity index (χ0v) is 13.0. The Morgan fingerprint density at radius 2 is 2.15 bits per heavy atom. The van der Waals surface area contributed by atoms with Crippen LogP contribution in [0.5, 0.6) is 0 Å². The summed E-state index contributed by atoms with van der Waals surface area (Å²) < 4.78 is 29.1. The number of aryl methyl sites for hydroxylation is 1.